The molecule has 0 spiro atoms. The number of nitrogens with two attached hydrogens (primary N) is 2. The summed E-state index contributed by atoms with van der Waals surface area (Å²) in [5, 5.41) is 24.9. The molecule has 7 heteroatoms. The van der Waals surface area contributed by atoms with Crippen LogP contribution in [-0.4, -0.2) is 45.4 Å². The van der Waals surface area contributed by atoms with E-state index in [2.05, 4.69) is 0 Å². The number of aliphatic hydroxyl groups excluding tert-OH is 1. The van der Waals surface area contributed by atoms with Gasteiger partial charge in [-0.3, -0.25) is 9.59 Å². The van der Waals surface area contributed by atoms with Gasteiger partial charge < -0.3 is 26.8 Å². The summed E-state index contributed by atoms with van der Waals surface area (Å²) in [6.45, 7) is 5.09. The van der Waals surface area contributed by atoms with Gasteiger partial charge in [0.15, 0.2) is 0 Å². The number of aliphatic carboxylic acids is 2. The Hall–Kier alpha value is -1.18. The Kier molecular flexibility index (Phi) is 9.54. The van der Waals surface area contributed by atoms with Crippen molar-refractivity contribution in [2.75, 3.05) is 0 Å². The molecule has 0 aliphatic heterocycles. The van der Waals surface area contributed by atoms with Crippen LogP contribution in [0.5, 0.6) is 0 Å². The molecule has 0 radical (unpaired) electrons. The molecule has 7 N–H and O–H groups in total. The van der Waals surface area contributed by atoms with Gasteiger partial charge in [0.2, 0.25) is 0 Å². The second kappa shape index (κ2) is 8.91. The summed E-state index contributed by atoms with van der Waals surface area (Å²) in [4.78, 5) is 20.0. The maximum Gasteiger partial charge on any atom is 0.323 e. The van der Waals surface area contributed by atoms with E-state index in [4.69, 9.17) is 26.8 Å². The van der Waals surface area contributed by atoms with Gasteiger partial charge in [-0.05, 0) is 12.8 Å². The van der Waals surface area contributed by atoms with Crippen LogP contribution in [0.3, 0.4) is 0 Å². The molecule has 0 saturated carbocycles. The standard InChI is InChI=1S/C6H13NO2.C4H9NO3/c1-3-4(2)5(7)6(8)9;1-2(6)3(5)4(7)8/h4-5H,3,7H2,1-2H3,(H,8,9);2-3,6H,5H2,1H3,(H,7,8)/t4-,5-;2-,3+/m01/s1. The molecule has 0 amide bonds. The zero-order chi connectivity index (χ0) is 14.2. The van der Waals surface area contributed by atoms with Gasteiger partial charge in [-0.2, -0.15) is 0 Å². The third-order valence-corrected chi connectivity index (χ3v) is 2.35. The summed E-state index contributed by atoms with van der Waals surface area (Å²) in [6.07, 6.45) is -0.166. The Bertz CT molecular complexity index is 245. The topological polar surface area (TPSA) is 147 Å². The number of hydrogen-bond donors (Lipinski definition) is 5. The third kappa shape index (κ3) is 8.61. The van der Waals surface area contributed by atoms with Crippen LogP contribution in [0.4, 0.5) is 0 Å². The normalized spacial score (nSPS) is 17.1. The number of aliphatic hydroxyl groups is 1. The van der Waals surface area contributed by atoms with Gasteiger partial charge in [0.25, 0.3) is 0 Å². The van der Waals surface area contributed by atoms with Crippen molar-refractivity contribution in [3.63, 3.8) is 0 Å². The van der Waals surface area contributed by atoms with E-state index in [9.17, 15) is 9.59 Å². The molecule has 0 aromatic heterocycles. The zero-order valence-electron chi connectivity index (χ0n) is 10.3. The van der Waals surface area contributed by atoms with E-state index >= 15 is 0 Å². The van der Waals surface area contributed by atoms with Gasteiger partial charge in [0.1, 0.15) is 12.1 Å². The highest BCUT2D eigenvalue weighted by molar-refractivity contribution is 5.73. The fraction of sp³-hybridized carbons (Fsp3) is 0.800. The summed E-state index contributed by atoms with van der Waals surface area (Å²) in [7, 11) is 0. The molecular formula is C10H22N2O5. The SMILES string of the molecule is CC[C@H](C)[C@H](N)C(=O)O.C[C@@H](O)[C@H](N)C(=O)O. The van der Waals surface area contributed by atoms with Crippen LogP contribution in [0, 0.1) is 5.92 Å². The molecule has 102 valence electrons. The lowest BCUT2D eigenvalue weighted by atomic mass is 10.0. The van der Waals surface area contributed by atoms with Crippen molar-refractivity contribution in [2.45, 2.75) is 45.4 Å². The molecule has 0 aromatic rings. The van der Waals surface area contributed by atoms with Crippen molar-refractivity contribution >= 4 is 11.9 Å². The quantitative estimate of drug-likeness (QED) is 0.430. The van der Waals surface area contributed by atoms with Gasteiger partial charge in [0.05, 0.1) is 6.10 Å². The molecule has 7 nitrogen and oxygen atoms in total. The lowest BCUT2D eigenvalue weighted by molar-refractivity contribution is -0.141. The maximum atomic E-state index is 10.2. The van der Waals surface area contributed by atoms with Gasteiger partial charge in [-0.25, -0.2) is 0 Å². The van der Waals surface area contributed by atoms with Crippen molar-refractivity contribution in [2.24, 2.45) is 17.4 Å². The average Bonchev–Trinajstić information content (AvgIpc) is 2.26. The van der Waals surface area contributed by atoms with Crippen LogP contribution in [0.25, 0.3) is 0 Å². The molecule has 0 bridgehead atoms. The summed E-state index contributed by atoms with van der Waals surface area (Å²) in [6, 6.07) is -1.86. The second-order valence-electron chi connectivity index (χ2n) is 3.85. The molecule has 0 unspecified atom stereocenters. The van der Waals surface area contributed by atoms with Crippen LogP contribution in [0.2, 0.25) is 0 Å². The fourth-order valence-electron chi connectivity index (χ4n) is 0.704. The molecular weight excluding hydrogens is 228 g/mol. The van der Waals surface area contributed by atoms with E-state index in [1.165, 1.54) is 6.92 Å². The number of carboxylic acid groups (broad SMARTS) is 2. The largest absolute Gasteiger partial charge is 0.480 e. The molecule has 4 atom stereocenters. The van der Waals surface area contributed by atoms with Gasteiger partial charge in [-0.15, -0.1) is 0 Å². The summed E-state index contributed by atoms with van der Waals surface area (Å²) < 4.78 is 0. The Labute approximate surface area is 100 Å². The Balaban J connectivity index is 0. The van der Waals surface area contributed by atoms with Crippen LogP contribution >= 0.6 is 0 Å². The highest BCUT2D eigenvalue weighted by Crippen LogP contribution is 2.04. The van der Waals surface area contributed by atoms with Gasteiger partial charge in [0, 0.05) is 0 Å². The van der Waals surface area contributed by atoms with E-state index in [0.717, 1.165) is 6.42 Å². The van der Waals surface area contributed by atoms with Crippen LogP contribution < -0.4 is 11.5 Å². The smallest absolute Gasteiger partial charge is 0.323 e. The van der Waals surface area contributed by atoms with E-state index in [1.54, 1.807) is 0 Å². The van der Waals surface area contributed by atoms with E-state index < -0.39 is 30.1 Å². The Morgan fingerprint density at radius 3 is 1.47 bits per heavy atom. The molecule has 0 aliphatic rings. The van der Waals surface area contributed by atoms with Crippen LogP contribution in [0.1, 0.15) is 27.2 Å². The van der Waals surface area contributed by atoms with Crippen LogP contribution in [0.15, 0.2) is 0 Å². The predicted octanol–water partition coefficient (Wildman–Crippen LogP) is -0.776. The molecule has 17 heavy (non-hydrogen) atoms. The molecule has 0 aromatic carbocycles. The van der Waals surface area contributed by atoms with Gasteiger partial charge >= 0.3 is 11.9 Å². The Morgan fingerprint density at radius 1 is 1.06 bits per heavy atom. The highest BCUT2D eigenvalue weighted by Gasteiger charge is 2.17. The van der Waals surface area contributed by atoms with E-state index in [-0.39, 0.29) is 5.92 Å². The number of carboxylic acids is 2. The summed E-state index contributed by atoms with van der Waals surface area (Å²) in [5.74, 6) is -2.02. The lowest BCUT2D eigenvalue weighted by Gasteiger charge is -2.11. The minimum Gasteiger partial charge on any atom is -0.480 e. The van der Waals surface area contributed by atoms with Crippen LogP contribution in [-0.2, 0) is 9.59 Å². The number of carbonyl (C=O) groups is 2. The Morgan fingerprint density at radius 2 is 1.41 bits per heavy atom. The monoisotopic (exact) mass is 250 g/mol. The second-order valence-corrected chi connectivity index (χ2v) is 3.85. The highest BCUT2D eigenvalue weighted by atomic mass is 16.4. The first kappa shape index (κ1) is 18.2. The van der Waals surface area contributed by atoms with Crippen molar-refractivity contribution in [3.8, 4) is 0 Å². The maximum absolute atomic E-state index is 10.2. The molecule has 0 rings (SSSR count). The first-order valence-corrected chi connectivity index (χ1v) is 5.29. The summed E-state index contributed by atoms with van der Waals surface area (Å²) in [5.41, 5.74) is 10.2. The lowest BCUT2D eigenvalue weighted by Crippen LogP contribution is -2.39. The van der Waals surface area contributed by atoms with E-state index in [0.29, 0.717) is 0 Å². The van der Waals surface area contributed by atoms with E-state index in [1.807, 2.05) is 13.8 Å². The first-order valence-electron chi connectivity index (χ1n) is 5.29. The third-order valence-electron chi connectivity index (χ3n) is 2.35. The molecule has 0 fully saturated rings. The summed E-state index contributed by atoms with van der Waals surface area (Å²) >= 11 is 0. The number of hydrogen-bond acceptors (Lipinski definition) is 5. The zero-order valence-corrected chi connectivity index (χ0v) is 10.3. The number of rotatable bonds is 5. The predicted molar refractivity (Wildman–Crippen MR) is 62.4 cm³/mol. The first-order chi connectivity index (χ1) is 7.64. The van der Waals surface area contributed by atoms with Crippen molar-refractivity contribution in [3.05, 3.63) is 0 Å². The molecule has 0 heterocycles. The molecule has 0 aliphatic carbocycles. The van der Waals surface area contributed by atoms with Gasteiger partial charge in [-0.1, -0.05) is 20.3 Å². The average molecular weight is 250 g/mol. The fourth-order valence-corrected chi connectivity index (χ4v) is 0.704. The van der Waals surface area contributed by atoms with Crippen molar-refractivity contribution < 1.29 is 24.9 Å². The van der Waals surface area contributed by atoms with Crippen molar-refractivity contribution in [1.29, 1.82) is 0 Å². The van der Waals surface area contributed by atoms with Crippen molar-refractivity contribution in [1.82, 2.24) is 0 Å². The molecule has 0 saturated heterocycles. The minimum absolute atomic E-state index is 0.0718. The minimum atomic E-state index is -1.18.